The summed E-state index contributed by atoms with van der Waals surface area (Å²) in [6.45, 7) is 2.52. The lowest BCUT2D eigenvalue weighted by Crippen LogP contribution is -2.13. The zero-order valence-corrected chi connectivity index (χ0v) is 18.4. The van der Waals surface area contributed by atoms with Crippen molar-refractivity contribution in [1.29, 1.82) is 10.5 Å². The monoisotopic (exact) mass is 443 g/mol. The lowest BCUT2D eigenvalue weighted by molar-refractivity contribution is -0.112. The Bertz CT molecular complexity index is 1250. The molecule has 0 radical (unpaired) electrons. The fraction of sp³-hybridized carbons (Fsp3) is 0.240. The maximum Gasteiger partial charge on any atom is 0.267 e. The molecule has 2 aromatic heterocycles. The molecule has 0 aliphatic heterocycles. The molecule has 0 saturated heterocycles. The largest absolute Gasteiger partial charge is 0.494 e. The van der Waals surface area contributed by atoms with E-state index in [2.05, 4.69) is 11.4 Å². The van der Waals surface area contributed by atoms with Gasteiger partial charge in [0.25, 0.3) is 5.91 Å². The Labute approximate surface area is 190 Å². The van der Waals surface area contributed by atoms with Crippen LogP contribution in [0.1, 0.15) is 41.5 Å². The summed E-state index contributed by atoms with van der Waals surface area (Å²) < 4.78 is 11.3. The van der Waals surface area contributed by atoms with Crippen molar-refractivity contribution in [3.8, 4) is 29.2 Å². The number of hydrogen-bond acceptors (Lipinski definition) is 6. The first-order chi connectivity index (χ1) is 15.6. The van der Waals surface area contributed by atoms with Gasteiger partial charge in [-0.1, -0.05) is 0 Å². The van der Waals surface area contributed by atoms with Gasteiger partial charge in [0, 0.05) is 16.5 Å². The number of anilines is 1. The van der Waals surface area contributed by atoms with Gasteiger partial charge in [-0.2, -0.15) is 10.5 Å². The Hall–Kier alpha value is -3.81. The lowest BCUT2D eigenvalue weighted by Gasteiger charge is -2.09. The molecule has 6 nitrogen and oxygen atoms in total. The minimum atomic E-state index is -0.554. The molecule has 0 bridgehead atoms. The minimum absolute atomic E-state index is 0.0899. The number of thiophene rings is 1. The first kappa shape index (κ1) is 21.4. The first-order valence-electron chi connectivity index (χ1n) is 10.4. The van der Waals surface area contributed by atoms with Gasteiger partial charge in [-0.3, -0.25) is 4.79 Å². The molecule has 1 aliphatic rings. The van der Waals surface area contributed by atoms with Gasteiger partial charge in [-0.05, 0) is 74.6 Å². The highest BCUT2D eigenvalue weighted by molar-refractivity contribution is 7.16. The predicted octanol–water partition coefficient (Wildman–Crippen LogP) is 5.70. The molecule has 32 heavy (non-hydrogen) atoms. The fourth-order valence-electron chi connectivity index (χ4n) is 3.70. The summed E-state index contributed by atoms with van der Waals surface area (Å²) in [6.07, 6.45) is 5.32. The van der Waals surface area contributed by atoms with Crippen LogP contribution in [0.4, 0.5) is 5.00 Å². The summed E-state index contributed by atoms with van der Waals surface area (Å²) in [5.74, 6) is 1.24. The van der Waals surface area contributed by atoms with Crippen LogP contribution in [0.5, 0.6) is 5.75 Å². The van der Waals surface area contributed by atoms with Crippen LogP contribution in [-0.4, -0.2) is 12.5 Å². The summed E-state index contributed by atoms with van der Waals surface area (Å²) in [5, 5.41) is 22.4. The molecule has 7 heteroatoms. The average Bonchev–Trinajstić information content (AvgIpc) is 3.42. The number of rotatable bonds is 6. The second-order valence-corrected chi connectivity index (χ2v) is 8.42. The zero-order chi connectivity index (χ0) is 22.5. The van der Waals surface area contributed by atoms with E-state index in [0.29, 0.717) is 28.7 Å². The molecule has 0 atom stereocenters. The smallest absolute Gasteiger partial charge is 0.267 e. The third-order valence-corrected chi connectivity index (χ3v) is 6.45. The highest BCUT2D eigenvalue weighted by atomic mass is 32.1. The number of carbonyl (C=O) groups excluding carboxylic acids is 1. The van der Waals surface area contributed by atoms with E-state index in [4.69, 9.17) is 9.15 Å². The van der Waals surface area contributed by atoms with Crippen molar-refractivity contribution in [2.75, 3.05) is 11.9 Å². The molecule has 160 valence electrons. The van der Waals surface area contributed by atoms with Crippen LogP contribution >= 0.6 is 11.3 Å². The van der Waals surface area contributed by atoms with Crippen molar-refractivity contribution < 1.29 is 13.9 Å². The van der Waals surface area contributed by atoms with E-state index in [1.807, 2.05) is 37.3 Å². The molecule has 0 unspecified atom stereocenters. The topological polar surface area (TPSA) is 99.0 Å². The molecule has 0 saturated carbocycles. The molecule has 3 aromatic rings. The number of carbonyl (C=O) groups is 1. The normalized spacial score (nSPS) is 13.0. The van der Waals surface area contributed by atoms with E-state index in [1.165, 1.54) is 17.4 Å². The molecule has 1 amide bonds. The molecule has 0 spiro atoms. The summed E-state index contributed by atoms with van der Waals surface area (Å²) in [7, 11) is 0. The molecular formula is C25H21N3O3S. The van der Waals surface area contributed by atoms with Gasteiger partial charge in [0.15, 0.2) is 0 Å². The fourth-order valence-corrected chi connectivity index (χ4v) is 4.94. The van der Waals surface area contributed by atoms with E-state index in [0.717, 1.165) is 47.4 Å². The molecule has 4 rings (SSSR count). The van der Waals surface area contributed by atoms with Crippen molar-refractivity contribution in [3.63, 3.8) is 0 Å². The second kappa shape index (κ2) is 9.55. The third-order valence-electron chi connectivity index (χ3n) is 5.24. The van der Waals surface area contributed by atoms with Gasteiger partial charge in [0.2, 0.25) is 0 Å². The maximum atomic E-state index is 12.7. The predicted molar refractivity (Wildman–Crippen MR) is 123 cm³/mol. The van der Waals surface area contributed by atoms with Crippen molar-refractivity contribution in [2.24, 2.45) is 0 Å². The van der Waals surface area contributed by atoms with Crippen LogP contribution in [0, 0.1) is 22.7 Å². The van der Waals surface area contributed by atoms with Crippen LogP contribution < -0.4 is 10.1 Å². The van der Waals surface area contributed by atoms with E-state index in [1.54, 1.807) is 12.1 Å². The third kappa shape index (κ3) is 4.44. The van der Waals surface area contributed by atoms with Crippen LogP contribution in [0.25, 0.3) is 17.4 Å². The number of ether oxygens (including phenoxy) is 1. The SMILES string of the molecule is CCOc1ccc(-c2ccc(/C=C(\C#N)C(=O)Nc3sc4c(c3C#N)CCCC4)o2)cc1. The van der Waals surface area contributed by atoms with Gasteiger partial charge in [0.05, 0.1) is 12.2 Å². The number of amides is 1. The Balaban J connectivity index is 1.53. The number of benzene rings is 1. The van der Waals surface area contributed by atoms with E-state index in [9.17, 15) is 15.3 Å². The van der Waals surface area contributed by atoms with Crippen molar-refractivity contribution in [2.45, 2.75) is 32.6 Å². The highest BCUT2D eigenvalue weighted by Crippen LogP contribution is 2.37. The van der Waals surface area contributed by atoms with Crippen molar-refractivity contribution >= 4 is 28.3 Å². The molecule has 1 aromatic carbocycles. The first-order valence-corrected chi connectivity index (χ1v) is 11.3. The molecular weight excluding hydrogens is 422 g/mol. The molecule has 0 fully saturated rings. The van der Waals surface area contributed by atoms with Crippen molar-refractivity contribution in [1.82, 2.24) is 0 Å². The maximum absolute atomic E-state index is 12.7. The van der Waals surface area contributed by atoms with E-state index < -0.39 is 5.91 Å². The number of nitriles is 2. The minimum Gasteiger partial charge on any atom is -0.494 e. The number of furan rings is 1. The van der Waals surface area contributed by atoms with Crippen molar-refractivity contribution in [3.05, 3.63) is 63.7 Å². The molecule has 1 N–H and O–H groups in total. The van der Waals surface area contributed by atoms with Gasteiger partial charge in [0.1, 0.15) is 40.0 Å². The van der Waals surface area contributed by atoms with Gasteiger partial charge in [-0.15, -0.1) is 11.3 Å². The second-order valence-electron chi connectivity index (χ2n) is 7.31. The van der Waals surface area contributed by atoms with E-state index in [-0.39, 0.29) is 5.57 Å². The number of hydrogen-bond donors (Lipinski definition) is 1. The Morgan fingerprint density at radius 2 is 1.97 bits per heavy atom. The number of nitrogens with zero attached hydrogens (tertiary/aromatic N) is 2. The Morgan fingerprint density at radius 1 is 1.19 bits per heavy atom. The Kier molecular flexibility index (Phi) is 6.39. The highest BCUT2D eigenvalue weighted by Gasteiger charge is 2.23. The van der Waals surface area contributed by atoms with Crippen LogP contribution in [0.2, 0.25) is 0 Å². The van der Waals surface area contributed by atoms with Crippen LogP contribution in [0.15, 0.2) is 46.4 Å². The molecule has 2 heterocycles. The summed E-state index contributed by atoms with van der Waals surface area (Å²) in [4.78, 5) is 13.9. The van der Waals surface area contributed by atoms with Gasteiger partial charge >= 0.3 is 0 Å². The molecule has 1 aliphatic carbocycles. The average molecular weight is 444 g/mol. The quantitative estimate of drug-likeness (QED) is 0.389. The number of aryl methyl sites for hydroxylation is 1. The van der Waals surface area contributed by atoms with Crippen LogP contribution in [-0.2, 0) is 17.6 Å². The lowest BCUT2D eigenvalue weighted by atomic mass is 9.96. The zero-order valence-electron chi connectivity index (χ0n) is 17.6. The van der Waals surface area contributed by atoms with Gasteiger partial charge in [-0.25, -0.2) is 0 Å². The number of fused-ring (bicyclic) bond motifs is 1. The number of nitrogens with one attached hydrogen (secondary N) is 1. The summed E-state index contributed by atoms with van der Waals surface area (Å²) in [6, 6.07) is 15.1. The van der Waals surface area contributed by atoms with E-state index >= 15 is 0 Å². The van der Waals surface area contributed by atoms with Crippen LogP contribution in [0.3, 0.4) is 0 Å². The van der Waals surface area contributed by atoms with Gasteiger partial charge < -0.3 is 14.5 Å². The Morgan fingerprint density at radius 3 is 2.69 bits per heavy atom. The standard InChI is InChI=1S/C25H21N3O3S/c1-2-30-18-9-7-16(8-10-18)22-12-11-19(31-22)13-17(14-26)24(29)28-25-21(15-27)20-5-3-4-6-23(20)32-25/h7-13H,2-6H2,1H3,(H,28,29)/b17-13+. The summed E-state index contributed by atoms with van der Waals surface area (Å²) >= 11 is 1.43. The summed E-state index contributed by atoms with van der Waals surface area (Å²) in [5.41, 5.74) is 2.32.